The Morgan fingerprint density at radius 1 is 0.963 bits per heavy atom. The first-order valence-corrected chi connectivity index (χ1v) is 15.8. The minimum Gasteiger partial charge on any atom is -0.413 e. The summed E-state index contributed by atoms with van der Waals surface area (Å²) in [5, 5.41) is 1.54. The zero-order valence-corrected chi connectivity index (χ0v) is 21.5. The molecular weight excluding hydrogens is 374 g/mol. The van der Waals surface area contributed by atoms with Crippen molar-refractivity contribution >= 4 is 28.8 Å². The van der Waals surface area contributed by atoms with Crippen LogP contribution >= 0.6 is 0 Å². The van der Waals surface area contributed by atoms with E-state index < -0.39 is 16.6 Å². The highest BCUT2D eigenvalue weighted by atomic mass is 28.4. The average Bonchev–Trinajstić information content (AvgIpc) is 2.46. The van der Waals surface area contributed by atoms with Gasteiger partial charge in [-0.05, 0) is 43.2 Å². The van der Waals surface area contributed by atoms with Crippen LogP contribution in [0.3, 0.4) is 0 Å². The molecule has 7 heteroatoms. The van der Waals surface area contributed by atoms with Gasteiger partial charge in [-0.1, -0.05) is 48.5 Å². The third-order valence-corrected chi connectivity index (χ3v) is 15.7. The lowest BCUT2D eigenvalue weighted by Crippen LogP contribution is -2.70. The molecule has 158 valence electrons. The smallest absolute Gasteiger partial charge is 0.253 e. The van der Waals surface area contributed by atoms with E-state index in [0.29, 0.717) is 0 Å². The predicted octanol–water partition coefficient (Wildman–Crippen LogP) is 5.00. The minimum absolute atomic E-state index is 0.0173. The molecule has 1 heterocycles. The molecule has 0 unspecified atom stereocenters. The molecule has 0 aromatic carbocycles. The summed E-state index contributed by atoms with van der Waals surface area (Å²) < 4.78 is 12.8. The maximum atomic E-state index is 13.0. The third kappa shape index (κ3) is 4.92. The van der Waals surface area contributed by atoms with Crippen molar-refractivity contribution < 1.29 is 18.5 Å². The van der Waals surface area contributed by atoms with Gasteiger partial charge in [-0.15, -0.1) is 0 Å². The van der Waals surface area contributed by atoms with Crippen molar-refractivity contribution in [3.8, 4) is 0 Å². The highest BCUT2D eigenvalue weighted by Gasteiger charge is 2.57. The summed E-state index contributed by atoms with van der Waals surface area (Å²) in [4.78, 5) is 24.6. The molecule has 1 aliphatic heterocycles. The van der Waals surface area contributed by atoms with Crippen LogP contribution in [0.15, 0.2) is 0 Å². The number of hydroxylamine groups is 2. The number of nitrogens with zero attached hydrogens (tertiary/aromatic N) is 1. The molecule has 1 fully saturated rings. The number of hydrogen-bond donors (Lipinski definition) is 0. The maximum absolute atomic E-state index is 13.0. The number of hydrogen-bond acceptors (Lipinski definition) is 4. The van der Waals surface area contributed by atoms with Crippen LogP contribution in [0.2, 0.25) is 36.3 Å². The normalized spacial score (nSPS) is 24.4. The molecule has 1 rings (SSSR count). The Kier molecular flexibility index (Phi) is 7.02. The Labute approximate surface area is 168 Å². The summed E-state index contributed by atoms with van der Waals surface area (Å²) in [5.74, 6) is -0.670. The van der Waals surface area contributed by atoms with Crippen molar-refractivity contribution in [3.05, 3.63) is 0 Å². The number of rotatable bonds is 7. The van der Waals surface area contributed by atoms with Crippen molar-refractivity contribution in [3.63, 3.8) is 0 Å². The van der Waals surface area contributed by atoms with E-state index in [0.717, 1.165) is 6.29 Å². The maximum Gasteiger partial charge on any atom is 0.253 e. The topological polar surface area (TPSA) is 55.8 Å². The molecular formula is C20H41NO4Si2. The summed E-state index contributed by atoms with van der Waals surface area (Å²) >= 11 is 0. The molecule has 27 heavy (non-hydrogen) atoms. The monoisotopic (exact) mass is 415 g/mol. The Bertz CT molecular complexity index is 563. The van der Waals surface area contributed by atoms with Crippen LogP contribution in [0.1, 0.15) is 55.4 Å². The Morgan fingerprint density at radius 3 is 1.78 bits per heavy atom. The molecule has 0 radical (unpaired) electrons. The van der Waals surface area contributed by atoms with E-state index in [1.807, 2.05) is 13.8 Å². The number of carbonyl (C=O) groups is 2. The molecule has 1 aliphatic rings. The Hall–Kier alpha value is -0.506. The molecule has 0 bridgehead atoms. The summed E-state index contributed by atoms with van der Waals surface area (Å²) in [7, 11) is -4.17. The van der Waals surface area contributed by atoms with Crippen LogP contribution in [-0.4, -0.2) is 46.0 Å². The first kappa shape index (κ1) is 24.5. The summed E-state index contributed by atoms with van der Waals surface area (Å²) in [6.07, 6.45) is 0.690. The van der Waals surface area contributed by atoms with E-state index in [2.05, 4.69) is 67.7 Å². The Morgan fingerprint density at radius 2 is 1.41 bits per heavy atom. The van der Waals surface area contributed by atoms with Gasteiger partial charge >= 0.3 is 0 Å². The molecule has 4 atom stereocenters. The van der Waals surface area contributed by atoms with Crippen LogP contribution in [0.25, 0.3) is 0 Å². The molecule has 0 spiro atoms. The van der Waals surface area contributed by atoms with Gasteiger partial charge in [0.1, 0.15) is 6.29 Å². The quantitative estimate of drug-likeness (QED) is 0.334. The fourth-order valence-electron chi connectivity index (χ4n) is 2.81. The summed E-state index contributed by atoms with van der Waals surface area (Å²) in [6.45, 7) is 25.4. The van der Waals surface area contributed by atoms with E-state index in [9.17, 15) is 9.59 Å². The van der Waals surface area contributed by atoms with Crippen LogP contribution in [-0.2, 0) is 18.5 Å². The standard InChI is InChI=1S/C20H41NO4Si2/c1-14(13-22)17-16(15(2)24-26(9,10)19(3,4)5)18(23)21(17)25-27(11,12)20(6,7)8/h13-17H,1-12H3/t14-,15-,16-,17-/m1/s1. The van der Waals surface area contributed by atoms with Crippen molar-refractivity contribution in [2.45, 2.75) is 104 Å². The van der Waals surface area contributed by atoms with E-state index in [-0.39, 0.29) is 40.0 Å². The van der Waals surface area contributed by atoms with Gasteiger partial charge in [0.05, 0.1) is 18.1 Å². The van der Waals surface area contributed by atoms with Crippen LogP contribution in [0, 0.1) is 11.8 Å². The minimum atomic E-state index is -2.16. The van der Waals surface area contributed by atoms with Crippen molar-refractivity contribution in [2.75, 3.05) is 0 Å². The van der Waals surface area contributed by atoms with Gasteiger partial charge in [0.15, 0.2) is 8.32 Å². The van der Waals surface area contributed by atoms with Gasteiger partial charge < -0.3 is 13.7 Å². The van der Waals surface area contributed by atoms with Crippen LogP contribution < -0.4 is 0 Å². The molecule has 0 aromatic heterocycles. The molecule has 0 aromatic rings. The van der Waals surface area contributed by atoms with Crippen LogP contribution in [0.4, 0.5) is 0 Å². The highest BCUT2D eigenvalue weighted by Crippen LogP contribution is 2.44. The van der Waals surface area contributed by atoms with Gasteiger partial charge in [0, 0.05) is 5.92 Å². The lowest BCUT2D eigenvalue weighted by molar-refractivity contribution is -0.224. The Balaban J connectivity index is 3.06. The first-order chi connectivity index (χ1) is 11.9. The lowest BCUT2D eigenvalue weighted by atomic mass is 9.79. The molecule has 1 saturated heterocycles. The van der Waals surface area contributed by atoms with Gasteiger partial charge in [-0.3, -0.25) is 4.79 Å². The first-order valence-electron chi connectivity index (χ1n) is 10.0. The van der Waals surface area contributed by atoms with Gasteiger partial charge in [-0.2, -0.15) is 0 Å². The van der Waals surface area contributed by atoms with E-state index in [1.165, 1.54) is 5.06 Å². The predicted molar refractivity (Wildman–Crippen MR) is 115 cm³/mol. The van der Waals surface area contributed by atoms with Crippen molar-refractivity contribution in [1.82, 2.24) is 5.06 Å². The van der Waals surface area contributed by atoms with E-state index in [1.54, 1.807) is 0 Å². The molecule has 1 amide bonds. The fraction of sp³-hybridized carbons (Fsp3) is 0.900. The molecule has 0 N–H and O–H groups in total. The fourth-order valence-corrected chi connectivity index (χ4v) is 5.21. The van der Waals surface area contributed by atoms with Crippen molar-refractivity contribution in [1.29, 1.82) is 0 Å². The number of amides is 1. The largest absolute Gasteiger partial charge is 0.413 e. The second-order valence-electron chi connectivity index (χ2n) is 11.1. The van der Waals surface area contributed by atoms with Gasteiger partial charge in [0.2, 0.25) is 8.32 Å². The number of carbonyl (C=O) groups excluding carboxylic acids is 2. The molecule has 5 nitrogen and oxygen atoms in total. The molecule has 0 saturated carbocycles. The zero-order chi connectivity index (χ0) is 21.6. The lowest BCUT2D eigenvalue weighted by Gasteiger charge is -2.54. The van der Waals surface area contributed by atoms with Crippen LogP contribution in [0.5, 0.6) is 0 Å². The third-order valence-electron chi connectivity index (χ3n) is 6.82. The second kappa shape index (κ2) is 7.73. The molecule has 0 aliphatic carbocycles. The summed E-state index contributed by atoms with van der Waals surface area (Å²) in [5.41, 5.74) is 0. The van der Waals surface area contributed by atoms with Crippen molar-refractivity contribution in [2.24, 2.45) is 11.8 Å². The average molecular weight is 416 g/mol. The zero-order valence-electron chi connectivity index (χ0n) is 19.5. The second-order valence-corrected chi connectivity index (χ2v) is 20.6. The summed E-state index contributed by atoms with van der Waals surface area (Å²) in [6, 6.07) is -0.260. The number of β-lactam (4-membered cyclic amide) rings is 1. The van der Waals surface area contributed by atoms with Gasteiger partial charge in [0.25, 0.3) is 5.91 Å². The van der Waals surface area contributed by atoms with E-state index >= 15 is 0 Å². The number of aldehydes is 1. The highest BCUT2D eigenvalue weighted by molar-refractivity contribution is 6.74. The van der Waals surface area contributed by atoms with E-state index in [4.69, 9.17) is 8.95 Å². The van der Waals surface area contributed by atoms with Gasteiger partial charge in [-0.25, -0.2) is 5.06 Å². The SMILES string of the molecule is C[C@H](C=O)[C@@H]1[C@@H]([C@@H](C)O[Si](C)(C)C(C)(C)C)C(=O)N1O[Si](C)(C)C(C)(C)C.